The Bertz CT molecular complexity index is 518. The molecule has 0 bridgehead atoms. The number of hydrogen-bond donors (Lipinski definition) is 1. The van der Waals surface area contributed by atoms with Crippen molar-refractivity contribution >= 4 is 12.2 Å². The van der Waals surface area contributed by atoms with Crippen LogP contribution in [-0.2, 0) is 20.3 Å². The van der Waals surface area contributed by atoms with Gasteiger partial charge >= 0.3 is 0 Å². The monoisotopic (exact) mass is 296 g/mol. The van der Waals surface area contributed by atoms with Gasteiger partial charge in [0.15, 0.2) is 10.6 Å². The second kappa shape index (κ2) is 5.95. The number of hydrogen-bond acceptors (Lipinski definition) is 4. The van der Waals surface area contributed by atoms with E-state index in [2.05, 4.69) is 10.00 Å². The zero-order chi connectivity index (χ0) is 14.1. The van der Waals surface area contributed by atoms with Gasteiger partial charge in [0, 0.05) is 19.6 Å². The minimum Gasteiger partial charge on any atom is -0.388 e. The predicted octanol–water partition coefficient (Wildman–Crippen LogP) is 2.06. The minimum atomic E-state index is -0.0564. The molecule has 1 aliphatic carbocycles. The first-order valence-electron chi connectivity index (χ1n) is 7.68. The summed E-state index contributed by atoms with van der Waals surface area (Å²) in [5, 5.41) is 13.7. The maximum absolute atomic E-state index is 9.29. The Morgan fingerprint density at radius 2 is 2.00 bits per heavy atom. The smallest absolute Gasteiger partial charge is 0.198 e. The van der Waals surface area contributed by atoms with Crippen molar-refractivity contribution < 1.29 is 5.11 Å². The fourth-order valence-corrected chi connectivity index (χ4v) is 4.04. The molecular weight excluding hydrogens is 272 g/mol. The molecule has 1 atom stereocenters. The van der Waals surface area contributed by atoms with Crippen molar-refractivity contribution in [2.75, 3.05) is 6.54 Å². The van der Waals surface area contributed by atoms with Gasteiger partial charge in [-0.05, 0) is 43.8 Å². The first-order valence-corrected chi connectivity index (χ1v) is 8.09. The first-order chi connectivity index (χ1) is 9.70. The van der Waals surface area contributed by atoms with Crippen molar-refractivity contribution in [3.63, 3.8) is 0 Å². The summed E-state index contributed by atoms with van der Waals surface area (Å²) < 4.78 is 4.37. The molecule has 1 aliphatic heterocycles. The molecule has 1 aromatic heterocycles. The summed E-state index contributed by atoms with van der Waals surface area (Å²) in [4.78, 5) is 2.54. The fraction of sp³-hybridized carbons (Fsp3) is 0.857. The Labute approximate surface area is 125 Å². The highest BCUT2D eigenvalue weighted by atomic mass is 32.1. The molecule has 3 rings (SSSR count). The SMILES string of the molecule is Cn1c(CO)nn(CN2CCCC2C2CCCC2)c1=S. The topological polar surface area (TPSA) is 46.2 Å². The van der Waals surface area contributed by atoms with Gasteiger partial charge in [-0.1, -0.05) is 12.8 Å². The molecule has 1 unspecified atom stereocenters. The standard InChI is InChI=1S/C14H24N4OS/c1-16-13(9-19)15-18(14(16)20)10-17-8-4-7-12(17)11-5-2-3-6-11/h11-12,19H,2-10H2,1H3. The molecule has 1 aromatic rings. The first kappa shape index (κ1) is 14.2. The van der Waals surface area contributed by atoms with Crippen LogP contribution in [0, 0.1) is 10.7 Å². The van der Waals surface area contributed by atoms with Crippen LogP contribution in [0.25, 0.3) is 0 Å². The average molecular weight is 296 g/mol. The van der Waals surface area contributed by atoms with E-state index in [0.29, 0.717) is 16.6 Å². The molecule has 0 aromatic carbocycles. The van der Waals surface area contributed by atoms with Crippen LogP contribution in [0.3, 0.4) is 0 Å². The quantitative estimate of drug-likeness (QED) is 0.864. The molecule has 112 valence electrons. The molecule has 2 fully saturated rings. The van der Waals surface area contributed by atoms with Gasteiger partial charge in [0.1, 0.15) is 6.61 Å². The summed E-state index contributed by atoms with van der Waals surface area (Å²) in [6, 6.07) is 0.707. The lowest BCUT2D eigenvalue weighted by molar-refractivity contribution is 0.142. The van der Waals surface area contributed by atoms with Crippen LogP contribution in [0.2, 0.25) is 0 Å². The highest BCUT2D eigenvalue weighted by Gasteiger charge is 2.33. The van der Waals surface area contributed by atoms with E-state index >= 15 is 0 Å². The van der Waals surface area contributed by atoms with Crippen LogP contribution in [0.5, 0.6) is 0 Å². The van der Waals surface area contributed by atoms with E-state index in [1.165, 1.54) is 38.5 Å². The van der Waals surface area contributed by atoms with Gasteiger partial charge in [-0.15, -0.1) is 0 Å². The molecule has 0 radical (unpaired) electrons. The second-order valence-corrected chi connectivity index (χ2v) is 6.49. The van der Waals surface area contributed by atoms with Gasteiger partial charge in [-0.3, -0.25) is 4.90 Å². The lowest BCUT2D eigenvalue weighted by atomic mass is 9.96. The molecule has 5 nitrogen and oxygen atoms in total. The van der Waals surface area contributed by atoms with Crippen LogP contribution in [0.1, 0.15) is 44.3 Å². The highest BCUT2D eigenvalue weighted by molar-refractivity contribution is 7.71. The van der Waals surface area contributed by atoms with Crippen molar-refractivity contribution in [2.45, 2.75) is 57.8 Å². The Morgan fingerprint density at radius 1 is 1.25 bits per heavy atom. The summed E-state index contributed by atoms with van der Waals surface area (Å²) in [7, 11) is 1.87. The van der Waals surface area contributed by atoms with Gasteiger partial charge in [0.05, 0.1) is 6.67 Å². The molecule has 2 aliphatic rings. The number of nitrogens with zero attached hydrogens (tertiary/aromatic N) is 4. The van der Waals surface area contributed by atoms with E-state index in [-0.39, 0.29) is 6.61 Å². The number of aliphatic hydroxyl groups is 1. The summed E-state index contributed by atoms with van der Waals surface area (Å²) in [6.45, 7) is 1.86. The zero-order valence-electron chi connectivity index (χ0n) is 12.2. The van der Waals surface area contributed by atoms with E-state index < -0.39 is 0 Å². The average Bonchev–Trinajstić information content (AvgIpc) is 3.15. The molecule has 20 heavy (non-hydrogen) atoms. The maximum Gasteiger partial charge on any atom is 0.198 e. The normalized spacial score (nSPS) is 24.8. The third-order valence-electron chi connectivity index (χ3n) is 4.95. The maximum atomic E-state index is 9.29. The molecular formula is C14H24N4OS. The van der Waals surface area contributed by atoms with Gasteiger partial charge < -0.3 is 9.67 Å². The fourth-order valence-electron chi connectivity index (χ4n) is 3.84. The van der Waals surface area contributed by atoms with Crippen LogP contribution in [-0.4, -0.2) is 36.9 Å². The molecule has 1 saturated carbocycles. The van der Waals surface area contributed by atoms with Crippen molar-refractivity contribution in [2.24, 2.45) is 13.0 Å². The number of rotatable bonds is 4. The Morgan fingerprint density at radius 3 is 2.65 bits per heavy atom. The lowest BCUT2D eigenvalue weighted by Gasteiger charge is -2.28. The molecule has 0 amide bonds. The highest BCUT2D eigenvalue weighted by Crippen LogP contribution is 2.35. The minimum absolute atomic E-state index is 0.0564. The third-order valence-corrected chi connectivity index (χ3v) is 5.43. The van der Waals surface area contributed by atoms with Crippen LogP contribution < -0.4 is 0 Å². The van der Waals surface area contributed by atoms with Gasteiger partial charge in [0.25, 0.3) is 0 Å². The lowest BCUT2D eigenvalue weighted by Crippen LogP contribution is -2.36. The summed E-state index contributed by atoms with van der Waals surface area (Å²) in [6.07, 6.45) is 8.17. The summed E-state index contributed by atoms with van der Waals surface area (Å²) >= 11 is 5.41. The van der Waals surface area contributed by atoms with Crippen molar-refractivity contribution in [1.82, 2.24) is 19.2 Å². The molecule has 1 N–H and O–H groups in total. The second-order valence-electron chi connectivity index (χ2n) is 6.12. The molecule has 6 heteroatoms. The van der Waals surface area contributed by atoms with E-state index in [4.69, 9.17) is 12.2 Å². The Kier molecular flexibility index (Phi) is 4.23. The van der Waals surface area contributed by atoms with Crippen LogP contribution >= 0.6 is 12.2 Å². The summed E-state index contributed by atoms with van der Waals surface area (Å²) in [5.41, 5.74) is 0. The van der Waals surface area contributed by atoms with Gasteiger partial charge in [0.2, 0.25) is 0 Å². The third kappa shape index (κ3) is 2.56. The van der Waals surface area contributed by atoms with E-state index in [0.717, 1.165) is 19.1 Å². The molecule has 0 spiro atoms. The predicted molar refractivity (Wildman–Crippen MR) is 79.6 cm³/mol. The van der Waals surface area contributed by atoms with Crippen LogP contribution in [0.4, 0.5) is 0 Å². The molecule has 2 heterocycles. The van der Waals surface area contributed by atoms with Gasteiger partial charge in [-0.2, -0.15) is 5.10 Å². The van der Waals surface area contributed by atoms with E-state index in [9.17, 15) is 5.11 Å². The number of aliphatic hydroxyl groups excluding tert-OH is 1. The Balaban J connectivity index is 1.74. The van der Waals surface area contributed by atoms with E-state index in [1.54, 1.807) is 4.57 Å². The number of likely N-dealkylation sites (tertiary alicyclic amines) is 1. The van der Waals surface area contributed by atoms with E-state index in [1.807, 2.05) is 11.7 Å². The van der Waals surface area contributed by atoms with Crippen molar-refractivity contribution in [3.05, 3.63) is 10.6 Å². The van der Waals surface area contributed by atoms with Crippen molar-refractivity contribution in [3.8, 4) is 0 Å². The number of aromatic nitrogens is 3. The Hall–Kier alpha value is -0.720. The zero-order valence-corrected chi connectivity index (χ0v) is 13.0. The van der Waals surface area contributed by atoms with Crippen LogP contribution in [0.15, 0.2) is 0 Å². The van der Waals surface area contributed by atoms with Gasteiger partial charge in [-0.25, -0.2) is 4.68 Å². The molecule has 1 saturated heterocycles. The summed E-state index contributed by atoms with van der Waals surface area (Å²) in [5.74, 6) is 1.51. The largest absolute Gasteiger partial charge is 0.388 e. The van der Waals surface area contributed by atoms with Crippen molar-refractivity contribution in [1.29, 1.82) is 0 Å².